The minimum absolute atomic E-state index is 0.249. The molecular weight excluding hydrogens is 280 g/mol. The third-order valence-electron chi connectivity index (χ3n) is 3.07. The molecule has 22 heavy (non-hydrogen) atoms. The molecule has 108 valence electrons. The number of aromatic carboxylic acids is 1. The molecule has 0 aliphatic heterocycles. The maximum absolute atomic E-state index is 10.8. The number of rotatable bonds is 4. The van der Waals surface area contributed by atoms with Crippen molar-refractivity contribution in [3.63, 3.8) is 0 Å². The summed E-state index contributed by atoms with van der Waals surface area (Å²) < 4.78 is 5.71. The van der Waals surface area contributed by atoms with Gasteiger partial charge in [0.25, 0.3) is 0 Å². The van der Waals surface area contributed by atoms with E-state index >= 15 is 0 Å². The van der Waals surface area contributed by atoms with Crippen LogP contribution in [0.1, 0.15) is 21.8 Å². The molecule has 0 unspecified atom stereocenters. The van der Waals surface area contributed by atoms with Crippen LogP contribution in [0.4, 0.5) is 0 Å². The van der Waals surface area contributed by atoms with Crippen molar-refractivity contribution in [2.24, 2.45) is 0 Å². The fraction of sp³-hybridized carbons (Fsp3) is 0. The third kappa shape index (κ3) is 3.09. The van der Waals surface area contributed by atoms with E-state index in [9.17, 15) is 4.79 Å². The Morgan fingerprint density at radius 1 is 1.05 bits per heavy atom. The lowest BCUT2D eigenvalue weighted by molar-refractivity contribution is 0.0697. The van der Waals surface area contributed by atoms with Crippen LogP contribution < -0.4 is 0 Å². The fourth-order valence-electron chi connectivity index (χ4n) is 1.94. The lowest BCUT2D eigenvalue weighted by Crippen LogP contribution is -1.94. The topological polar surface area (TPSA) is 76.2 Å². The molecule has 0 atom stereocenters. The highest BCUT2D eigenvalue weighted by Gasteiger charge is 2.06. The molecule has 5 heteroatoms. The zero-order chi connectivity index (χ0) is 15.4. The number of nitrogens with zero attached hydrogens (tertiary/aromatic N) is 2. The first-order valence-electron chi connectivity index (χ1n) is 6.60. The third-order valence-corrected chi connectivity index (χ3v) is 3.07. The molecule has 2 heterocycles. The number of aromatic nitrogens is 2. The minimum atomic E-state index is -0.945. The smallest absolute Gasteiger partial charge is 0.335 e. The van der Waals surface area contributed by atoms with Crippen LogP contribution in [-0.4, -0.2) is 21.0 Å². The van der Waals surface area contributed by atoms with Crippen LogP contribution in [0.3, 0.4) is 0 Å². The summed E-state index contributed by atoms with van der Waals surface area (Å²) in [6.45, 7) is 0. The molecule has 0 saturated heterocycles. The van der Waals surface area contributed by atoms with Gasteiger partial charge in [-0.15, -0.1) is 0 Å². The summed E-state index contributed by atoms with van der Waals surface area (Å²) in [6, 6.07) is 12.0. The monoisotopic (exact) mass is 292 g/mol. The van der Waals surface area contributed by atoms with Gasteiger partial charge in [0, 0.05) is 11.8 Å². The van der Waals surface area contributed by atoms with E-state index in [0.717, 1.165) is 11.3 Å². The van der Waals surface area contributed by atoms with E-state index in [1.807, 2.05) is 24.3 Å². The Bertz CT molecular complexity index is 805. The fourth-order valence-corrected chi connectivity index (χ4v) is 1.94. The molecule has 3 aromatic rings. The molecular formula is C17H12N2O3. The predicted octanol–water partition coefficient (Wildman–Crippen LogP) is 3.61. The van der Waals surface area contributed by atoms with Gasteiger partial charge < -0.3 is 9.52 Å². The molecule has 0 radical (unpaired) electrons. The van der Waals surface area contributed by atoms with Crippen LogP contribution in [0.15, 0.2) is 59.4 Å². The highest BCUT2D eigenvalue weighted by molar-refractivity contribution is 5.88. The molecule has 0 bridgehead atoms. The molecule has 2 aromatic heterocycles. The zero-order valence-corrected chi connectivity index (χ0v) is 11.5. The van der Waals surface area contributed by atoms with Crippen molar-refractivity contribution in [3.05, 3.63) is 72.0 Å². The van der Waals surface area contributed by atoms with Gasteiger partial charge in [-0.1, -0.05) is 12.1 Å². The molecule has 0 amide bonds. The number of hydrogen-bond acceptors (Lipinski definition) is 4. The van der Waals surface area contributed by atoms with Crippen molar-refractivity contribution < 1.29 is 14.3 Å². The summed E-state index contributed by atoms with van der Waals surface area (Å²) in [7, 11) is 0. The second-order valence-corrected chi connectivity index (χ2v) is 4.55. The van der Waals surface area contributed by atoms with Crippen molar-refractivity contribution in [3.8, 4) is 11.3 Å². The van der Waals surface area contributed by atoms with Crippen molar-refractivity contribution in [1.82, 2.24) is 9.97 Å². The molecule has 3 rings (SSSR count). The Balaban J connectivity index is 1.79. The van der Waals surface area contributed by atoms with Crippen LogP contribution in [0.5, 0.6) is 0 Å². The van der Waals surface area contributed by atoms with Crippen molar-refractivity contribution in [2.45, 2.75) is 0 Å². The lowest BCUT2D eigenvalue weighted by atomic mass is 10.1. The Morgan fingerprint density at radius 3 is 2.55 bits per heavy atom. The average molecular weight is 292 g/mol. The van der Waals surface area contributed by atoms with Gasteiger partial charge in [0.05, 0.1) is 11.3 Å². The molecule has 5 nitrogen and oxygen atoms in total. The molecule has 0 fully saturated rings. The number of furan rings is 1. The highest BCUT2D eigenvalue weighted by atomic mass is 16.4. The van der Waals surface area contributed by atoms with Gasteiger partial charge in [0.2, 0.25) is 0 Å². The van der Waals surface area contributed by atoms with Gasteiger partial charge in [-0.3, -0.25) is 0 Å². The summed E-state index contributed by atoms with van der Waals surface area (Å²) in [4.78, 5) is 18.8. The Kier molecular flexibility index (Phi) is 3.78. The first kappa shape index (κ1) is 13.8. The predicted molar refractivity (Wildman–Crippen MR) is 82.1 cm³/mol. The number of carboxylic acids is 1. The van der Waals surface area contributed by atoms with E-state index in [4.69, 9.17) is 9.52 Å². The van der Waals surface area contributed by atoms with Gasteiger partial charge >= 0.3 is 5.97 Å². The van der Waals surface area contributed by atoms with Gasteiger partial charge in [0.15, 0.2) is 0 Å². The largest absolute Gasteiger partial charge is 0.478 e. The molecule has 0 saturated carbocycles. The van der Waals surface area contributed by atoms with Crippen LogP contribution in [0, 0.1) is 0 Å². The van der Waals surface area contributed by atoms with Gasteiger partial charge in [-0.2, -0.15) is 0 Å². The maximum Gasteiger partial charge on any atom is 0.335 e. The normalized spacial score (nSPS) is 10.9. The standard InChI is InChI=1S/C17H12N2O3/c20-17(21)13-3-1-12(2-4-13)16-8-7-15(22-16)6-5-14-9-10-18-11-19-14/h1-11H,(H,20,21)/b6-5+. The van der Waals surface area contributed by atoms with Crippen molar-refractivity contribution in [1.29, 1.82) is 0 Å². The van der Waals surface area contributed by atoms with Crippen LogP contribution in [0.25, 0.3) is 23.5 Å². The summed E-state index contributed by atoms with van der Waals surface area (Å²) >= 11 is 0. The van der Waals surface area contributed by atoms with Crippen LogP contribution in [-0.2, 0) is 0 Å². The van der Waals surface area contributed by atoms with E-state index < -0.39 is 5.97 Å². The van der Waals surface area contributed by atoms with Gasteiger partial charge in [0.1, 0.15) is 17.8 Å². The average Bonchev–Trinajstić information content (AvgIpc) is 3.03. The Labute approximate surface area is 126 Å². The van der Waals surface area contributed by atoms with Crippen molar-refractivity contribution >= 4 is 18.1 Å². The number of benzene rings is 1. The van der Waals surface area contributed by atoms with Crippen molar-refractivity contribution in [2.75, 3.05) is 0 Å². The van der Waals surface area contributed by atoms with Gasteiger partial charge in [-0.25, -0.2) is 14.8 Å². The Hall–Kier alpha value is -3.21. The second kappa shape index (κ2) is 6.05. The molecule has 1 aromatic carbocycles. The Morgan fingerprint density at radius 2 is 1.86 bits per heavy atom. The molecule has 0 aliphatic carbocycles. The van der Waals surface area contributed by atoms with E-state index in [0.29, 0.717) is 11.5 Å². The number of carbonyl (C=O) groups is 1. The van der Waals surface area contributed by atoms with E-state index in [-0.39, 0.29) is 5.56 Å². The number of hydrogen-bond donors (Lipinski definition) is 1. The SMILES string of the molecule is O=C(O)c1ccc(-c2ccc(/C=C/c3ccncn3)o2)cc1. The maximum atomic E-state index is 10.8. The minimum Gasteiger partial charge on any atom is -0.478 e. The van der Waals surface area contributed by atoms with E-state index in [1.54, 1.807) is 36.5 Å². The zero-order valence-electron chi connectivity index (χ0n) is 11.5. The van der Waals surface area contributed by atoms with Gasteiger partial charge in [-0.05, 0) is 42.5 Å². The summed E-state index contributed by atoms with van der Waals surface area (Å²) in [6.07, 6.45) is 6.80. The van der Waals surface area contributed by atoms with E-state index in [1.165, 1.54) is 6.33 Å². The highest BCUT2D eigenvalue weighted by Crippen LogP contribution is 2.23. The number of carboxylic acid groups (broad SMARTS) is 1. The van der Waals surface area contributed by atoms with E-state index in [2.05, 4.69) is 9.97 Å². The second-order valence-electron chi connectivity index (χ2n) is 4.55. The summed E-state index contributed by atoms with van der Waals surface area (Å²) in [5.41, 5.74) is 1.87. The molecule has 1 N–H and O–H groups in total. The lowest BCUT2D eigenvalue weighted by Gasteiger charge is -1.98. The molecule has 0 aliphatic rings. The van der Waals surface area contributed by atoms with Crippen LogP contribution >= 0.6 is 0 Å². The summed E-state index contributed by atoms with van der Waals surface area (Å²) in [5.74, 6) is 0.426. The molecule has 0 spiro atoms. The first-order chi connectivity index (χ1) is 10.7. The summed E-state index contributed by atoms with van der Waals surface area (Å²) in [5, 5.41) is 8.89. The first-order valence-corrected chi connectivity index (χ1v) is 6.60. The quantitative estimate of drug-likeness (QED) is 0.795. The van der Waals surface area contributed by atoms with Crippen LogP contribution in [0.2, 0.25) is 0 Å².